The minimum absolute atomic E-state index is 0.0713. The van der Waals surface area contributed by atoms with E-state index in [1.54, 1.807) is 36.4 Å². The molecule has 0 saturated carbocycles. The van der Waals surface area contributed by atoms with Crippen molar-refractivity contribution in [2.45, 2.75) is 20.3 Å². The summed E-state index contributed by atoms with van der Waals surface area (Å²) in [5, 5.41) is 2.56. The molecular weight excluding hydrogens is 390 g/mol. The molecule has 0 bridgehead atoms. The summed E-state index contributed by atoms with van der Waals surface area (Å²) < 4.78 is 15.1. The Morgan fingerprint density at radius 2 is 1.47 bits per heavy atom. The number of esters is 2. The van der Waals surface area contributed by atoms with E-state index in [1.807, 2.05) is 6.92 Å². The quantitative estimate of drug-likeness (QED) is 0.471. The molecule has 30 heavy (non-hydrogen) atoms. The van der Waals surface area contributed by atoms with Crippen molar-refractivity contribution in [3.05, 3.63) is 59.7 Å². The van der Waals surface area contributed by atoms with E-state index in [0.29, 0.717) is 29.2 Å². The van der Waals surface area contributed by atoms with Crippen LogP contribution in [0.25, 0.3) is 0 Å². The zero-order valence-corrected chi connectivity index (χ0v) is 16.8. The summed E-state index contributed by atoms with van der Waals surface area (Å²) in [5.74, 6) is -1.35. The molecule has 1 amide bonds. The van der Waals surface area contributed by atoms with E-state index >= 15 is 0 Å². The van der Waals surface area contributed by atoms with Gasteiger partial charge in [-0.1, -0.05) is 6.92 Å². The molecule has 8 nitrogen and oxygen atoms in total. The monoisotopic (exact) mass is 413 g/mol. The van der Waals surface area contributed by atoms with Crippen LogP contribution in [-0.4, -0.2) is 43.4 Å². The Balaban J connectivity index is 1.72. The zero-order valence-electron chi connectivity index (χ0n) is 16.8. The van der Waals surface area contributed by atoms with Gasteiger partial charge in [-0.15, -0.1) is 0 Å². The Morgan fingerprint density at radius 1 is 0.833 bits per heavy atom. The van der Waals surface area contributed by atoms with Gasteiger partial charge >= 0.3 is 11.9 Å². The highest BCUT2D eigenvalue weighted by Gasteiger charge is 2.11. The SMILES string of the molecule is CCCOC(=O)c1ccc(NC(=O)COC(=O)COc2ccc(C(C)=O)cc2)cc1. The van der Waals surface area contributed by atoms with Gasteiger partial charge in [-0.2, -0.15) is 0 Å². The first-order chi connectivity index (χ1) is 14.4. The van der Waals surface area contributed by atoms with Gasteiger partial charge in [-0.3, -0.25) is 9.59 Å². The van der Waals surface area contributed by atoms with Crippen LogP contribution < -0.4 is 10.1 Å². The number of Topliss-reactive ketones (excluding diaryl/α,β-unsaturated/α-hetero) is 1. The second kappa shape index (κ2) is 11.4. The summed E-state index contributed by atoms with van der Waals surface area (Å²) in [6.07, 6.45) is 0.732. The van der Waals surface area contributed by atoms with E-state index in [-0.39, 0.29) is 12.4 Å². The van der Waals surface area contributed by atoms with E-state index in [4.69, 9.17) is 14.2 Å². The topological polar surface area (TPSA) is 108 Å². The maximum atomic E-state index is 11.9. The predicted octanol–water partition coefficient (Wildman–Crippen LogP) is 3.02. The first-order valence-corrected chi connectivity index (χ1v) is 9.35. The van der Waals surface area contributed by atoms with Crippen LogP contribution in [0.1, 0.15) is 41.0 Å². The van der Waals surface area contributed by atoms with Gasteiger partial charge in [-0.25, -0.2) is 9.59 Å². The molecule has 0 atom stereocenters. The lowest BCUT2D eigenvalue weighted by Gasteiger charge is -2.09. The van der Waals surface area contributed by atoms with Crippen LogP contribution in [0.2, 0.25) is 0 Å². The van der Waals surface area contributed by atoms with Gasteiger partial charge in [-0.05, 0) is 61.9 Å². The molecule has 0 unspecified atom stereocenters. The van der Waals surface area contributed by atoms with Crippen LogP contribution in [0.3, 0.4) is 0 Å². The third-order valence-electron chi connectivity index (χ3n) is 3.82. The lowest BCUT2D eigenvalue weighted by molar-refractivity contribution is -0.149. The molecule has 0 aliphatic rings. The summed E-state index contributed by atoms with van der Waals surface area (Å²) in [6, 6.07) is 12.5. The number of benzene rings is 2. The number of nitrogens with one attached hydrogen (secondary N) is 1. The average Bonchev–Trinajstić information content (AvgIpc) is 2.75. The summed E-state index contributed by atoms with van der Waals surface area (Å²) >= 11 is 0. The third-order valence-corrected chi connectivity index (χ3v) is 3.82. The minimum atomic E-state index is -0.713. The zero-order chi connectivity index (χ0) is 21.9. The lowest BCUT2D eigenvalue weighted by atomic mass is 10.1. The Bertz CT molecular complexity index is 889. The maximum Gasteiger partial charge on any atom is 0.344 e. The Morgan fingerprint density at radius 3 is 2.07 bits per heavy atom. The van der Waals surface area contributed by atoms with Crippen molar-refractivity contribution in [1.29, 1.82) is 0 Å². The molecule has 158 valence electrons. The number of ether oxygens (including phenoxy) is 3. The second-order valence-corrected chi connectivity index (χ2v) is 6.29. The molecule has 1 N–H and O–H groups in total. The molecule has 0 spiro atoms. The molecule has 2 rings (SSSR count). The van der Waals surface area contributed by atoms with Crippen molar-refractivity contribution in [3.8, 4) is 5.75 Å². The van der Waals surface area contributed by atoms with Gasteiger partial charge < -0.3 is 19.5 Å². The van der Waals surface area contributed by atoms with Gasteiger partial charge in [0.1, 0.15) is 5.75 Å². The molecule has 0 aliphatic heterocycles. The smallest absolute Gasteiger partial charge is 0.344 e. The molecule has 8 heteroatoms. The van der Waals surface area contributed by atoms with Gasteiger partial charge in [0, 0.05) is 11.3 Å². The first-order valence-electron chi connectivity index (χ1n) is 9.35. The van der Waals surface area contributed by atoms with Crippen LogP contribution in [0.4, 0.5) is 5.69 Å². The molecule has 2 aromatic rings. The van der Waals surface area contributed by atoms with Crippen LogP contribution in [0.15, 0.2) is 48.5 Å². The molecule has 0 saturated heterocycles. The summed E-state index contributed by atoms with van der Waals surface area (Å²) in [6.45, 7) is 2.84. The number of carbonyl (C=O) groups excluding carboxylic acids is 4. The first kappa shape index (κ1) is 22.6. The lowest BCUT2D eigenvalue weighted by Crippen LogP contribution is -2.23. The number of hydrogen-bond donors (Lipinski definition) is 1. The van der Waals surface area contributed by atoms with Crippen LogP contribution in [-0.2, 0) is 19.1 Å². The molecule has 0 aromatic heterocycles. The number of ketones is 1. The van der Waals surface area contributed by atoms with Crippen molar-refractivity contribution in [1.82, 2.24) is 0 Å². The fourth-order valence-corrected chi connectivity index (χ4v) is 2.28. The summed E-state index contributed by atoms with van der Waals surface area (Å²) in [5.41, 5.74) is 1.36. The number of hydrogen-bond acceptors (Lipinski definition) is 7. The van der Waals surface area contributed by atoms with E-state index in [1.165, 1.54) is 19.1 Å². The summed E-state index contributed by atoms with van der Waals surface area (Å²) in [7, 11) is 0. The average molecular weight is 413 g/mol. The van der Waals surface area contributed by atoms with Crippen molar-refractivity contribution in [2.24, 2.45) is 0 Å². The van der Waals surface area contributed by atoms with Crippen molar-refractivity contribution >= 4 is 29.3 Å². The highest BCUT2D eigenvalue weighted by Crippen LogP contribution is 2.13. The standard InChI is InChI=1S/C22H23NO7/c1-3-12-28-22(27)17-4-8-18(9-5-17)23-20(25)13-30-21(26)14-29-19-10-6-16(7-11-19)15(2)24/h4-11H,3,12-14H2,1-2H3,(H,23,25). The molecule has 0 fully saturated rings. The highest BCUT2D eigenvalue weighted by molar-refractivity contribution is 5.95. The molecule has 0 aliphatic carbocycles. The normalized spacial score (nSPS) is 10.1. The number of anilines is 1. The Labute approximate surface area is 174 Å². The van der Waals surface area contributed by atoms with E-state index in [2.05, 4.69) is 5.32 Å². The van der Waals surface area contributed by atoms with Gasteiger partial charge in [0.05, 0.1) is 12.2 Å². The number of rotatable bonds is 10. The molecule has 0 heterocycles. The van der Waals surface area contributed by atoms with E-state index < -0.39 is 24.5 Å². The number of amides is 1. The van der Waals surface area contributed by atoms with Gasteiger partial charge in [0.2, 0.25) is 0 Å². The minimum Gasteiger partial charge on any atom is -0.482 e. The molecule has 2 aromatic carbocycles. The molecule has 0 radical (unpaired) electrons. The van der Waals surface area contributed by atoms with Crippen molar-refractivity contribution < 1.29 is 33.4 Å². The fraction of sp³-hybridized carbons (Fsp3) is 0.273. The van der Waals surface area contributed by atoms with E-state index in [9.17, 15) is 19.2 Å². The van der Waals surface area contributed by atoms with Gasteiger partial charge in [0.25, 0.3) is 5.91 Å². The highest BCUT2D eigenvalue weighted by atomic mass is 16.6. The fourth-order valence-electron chi connectivity index (χ4n) is 2.28. The van der Waals surface area contributed by atoms with E-state index in [0.717, 1.165) is 6.42 Å². The van der Waals surface area contributed by atoms with Crippen molar-refractivity contribution in [3.63, 3.8) is 0 Å². The summed E-state index contributed by atoms with van der Waals surface area (Å²) in [4.78, 5) is 46.6. The largest absolute Gasteiger partial charge is 0.482 e. The third kappa shape index (κ3) is 7.38. The Kier molecular flexibility index (Phi) is 8.56. The predicted molar refractivity (Wildman–Crippen MR) is 109 cm³/mol. The van der Waals surface area contributed by atoms with Crippen molar-refractivity contribution in [2.75, 3.05) is 25.1 Å². The number of carbonyl (C=O) groups is 4. The van der Waals surface area contributed by atoms with Crippen LogP contribution in [0, 0.1) is 0 Å². The van der Waals surface area contributed by atoms with Gasteiger partial charge in [0.15, 0.2) is 19.0 Å². The second-order valence-electron chi connectivity index (χ2n) is 6.29. The van der Waals surface area contributed by atoms with Crippen LogP contribution in [0.5, 0.6) is 5.75 Å². The Hall–Kier alpha value is -3.68. The van der Waals surface area contributed by atoms with Crippen LogP contribution >= 0.6 is 0 Å². The molecular formula is C22H23NO7. The maximum absolute atomic E-state index is 11.9.